The van der Waals surface area contributed by atoms with Crippen molar-refractivity contribution in [1.29, 1.82) is 0 Å². The van der Waals surface area contributed by atoms with E-state index >= 15 is 0 Å². The van der Waals surface area contributed by atoms with Crippen molar-refractivity contribution in [1.82, 2.24) is 5.16 Å². The summed E-state index contributed by atoms with van der Waals surface area (Å²) in [4.78, 5) is 26.4. The Bertz CT molecular complexity index is 972. The van der Waals surface area contributed by atoms with E-state index < -0.39 is 12.0 Å². The maximum absolute atomic E-state index is 12.8. The summed E-state index contributed by atoms with van der Waals surface area (Å²) in [5.74, 6) is 0.0398. The molecule has 174 valence electrons. The Morgan fingerprint density at radius 1 is 1.16 bits per heavy atom. The number of rotatable bonds is 9. The molecule has 2 aromatic rings. The lowest BCUT2D eigenvalue weighted by molar-refractivity contribution is -0.138. The highest BCUT2D eigenvalue weighted by Crippen LogP contribution is 2.49. The molecule has 3 N–H and O–H groups in total. The molecule has 0 spiro atoms. The molecule has 1 aromatic heterocycles. The number of carbonyl (C=O) groups excluding carboxylic acids is 1. The van der Waals surface area contributed by atoms with Gasteiger partial charge < -0.3 is 19.8 Å². The van der Waals surface area contributed by atoms with Crippen LogP contribution in [0.15, 0.2) is 22.7 Å². The van der Waals surface area contributed by atoms with Crippen molar-refractivity contribution in [3.63, 3.8) is 0 Å². The molecule has 1 saturated carbocycles. The Hall–Kier alpha value is -3.03. The number of urea groups is 1. The first-order valence-corrected chi connectivity index (χ1v) is 11.2. The quantitative estimate of drug-likeness (QED) is 0.490. The second-order valence-corrected chi connectivity index (χ2v) is 9.56. The van der Waals surface area contributed by atoms with E-state index in [0.717, 1.165) is 35.6 Å². The molecule has 0 radical (unpaired) electrons. The van der Waals surface area contributed by atoms with Crippen molar-refractivity contribution in [2.24, 2.45) is 17.8 Å². The summed E-state index contributed by atoms with van der Waals surface area (Å²) in [6, 6.07) is 5.47. The van der Waals surface area contributed by atoms with Gasteiger partial charge in [0.2, 0.25) is 5.88 Å². The number of hydrogen-bond donors (Lipinski definition) is 3. The zero-order valence-electron chi connectivity index (χ0n) is 19.7. The molecule has 1 aliphatic carbocycles. The van der Waals surface area contributed by atoms with Crippen molar-refractivity contribution in [3.8, 4) is 0 Å². The van der Waals surface area contributed by atoms with E-state index in [4.69, 9.17) is 4.52 Å². The number of amides is 2. The lowest BCUT2D eigenvalue weighted by Gasteiger charge is -2.30. The van der Waals surface area contributed by atoms with E-state index in [1.54, 1.807) is 0 Å². The van der Waals surface area contributed by atoms with Gasteiger partial charge in [-0.05, 0) is 55.7 Å². The van der Waals surface area contributed by atoms with Crippen molar-refractivity contribution in [2.75, 3.05) is 28.6 Å². The fraction of sp³-hybridized carbons (Fsp3) is 0.542. The van der Waals surface area contributed by atoms with Crippen molar-refractivity contribution in [2.45, 2.75) is 53.9 Å². The molecule has 8 nitrogen and oxygen atoms in total. The molecule has 0 aliphatic heterocycles. The van der Waals surface area contributed by atoms with Crippen molar-refractivity contribution < 1.29 is 19.2 Å². The summed E-state index contributed by atoms with van der Waals surface area (Å²) in [7, 11) is 0. The third-order valence-corrected chi connectivity index (χ3v) is 5.70. The number of benzene rings is 1. The number of nitrogens with one attached hydrogen (secondary N) is 2. The number of aliphatic carboxylic acids is 1. The molecule has 3 rings (SSSR count). The normalized spacial score (nSPS) is 17.5. The van der Waals surface area contributed by atoms with E-state index in [1.165, 1.54) is 0 Å². The molecule has 2 atom stereocenters. The number of aryl methyl sites for hydroxylation is 1. The molecular weight excluding hydrogens is 408 g/mol. The summed E-state index contributed by atoms with van der Waals surface area (Å²) >= 11 is 0. The van der Waals surface area contributed by atoms with Crippen LogP contribution in [0.4, 0.5) is 22.1 Å². The average Bonchev–Trinajstić information content (AvgIpc) is 3.44. The predicted octanol–water partition coefficient (Wildman–Crippen LogP) is 5.24. The Morgan fingerprint density at radius 2 is 1.81 bits per heavy atom. The van der Waals surface area contributed by atoms with Gasteiger partial charge in [0.05, 0.1) is 23.0 Å². The Labute approximate surface area is 189 Å². The zero-order chi connectivity index (χ0) is 23.6. The highest BCUT2D eigenvalue weighted by molar-refractivity contribution is 6.01. The number of hydrogen-bond acceptors (Lipinski definition) is 5. The Morgan fingerprint density at radius 3 is 2.31 bits per heavy atom. The molecule has 1 aliphatic rings. The standard InChI is InChI=1S/C24H34N4O4/c1-13(2)11-28(12-14(3)4)21-8-7-17(18-10-19(18)23(29)30)9-20(21)25-24(31)26-22-15(5)16(6)27-32-22/h7-9,13-14,18-19H,10-12H2,1-6H3,(H,29,30)(H2,25,26,31)/t18-,19-/m1/s1. The zero-order valence-corrected chi connectivity index (χ0v) is 19.7. The fourth-order valence-electron chi connectivity index (χ4n) is 3.94. The number of carboxylic acids is 1. The molecule has 1 aromatic carbocycles. The van der Waals surface area contributed by atoms with Crippen molar-refractivity contribution in [3.05, 3.63) is 35.0 Å². The van der Waals surface area contributed by atoms with Gasteiger partial charge in [-0.3, -0.25) is 10.1 Å². The molecular formula is C24H34N4O4. The Balaban J connectivity index is 1.90. The molecule has 0 saturated heterocycles. The molecule has 0 bridgehead atoms. The van der Waals surface area contributed by atoms with Crippen LogP contribution in [0.5, 0.6) is 0 Å². The number of carboxylic acid groups (broad SMARTS) is 1. The van der Waals surface area contributed by atoms with Crippen LogP contribution in [0.1, 0.15) is 56.9 Å². The van der Waals surface area contributed by atoms with Crippen LogP contribution in [0.25, 0.3) is 0 Å². The van der Waals surface area contributed by atoms with E-state index in [9.17, 15) is 14.7 Å². The number of anilines is 3. The third-order valence-electron chi connectivity index (χ3n) is 5.70. The molecule has 2 amide bonds. The summed E-state index contributed by atoms with van der Waals surface area (Å²) in [5, 5.41) is 18.9. The average molecular weight is 443 g/mol. The number of carbonyl (C=O) groups is 2. The predicted molar refractivity (Wildman–Crippen MR) is 125 cm³/mol. The van der Waals surface area contributed by atoms with Crippen LogP contribution in [0.2, 0.25) is 0 Å². The van der Waals surface area contributed by atoms with Gasteiger partial charge in [0, 0.05) is 18.7 Å². The Kier molecular flexibility index (Phi) is 7.11. The van der Waals surface area contributed by atoms with Gasteiger partial charge in [-0.2, -0.15) is 0 Å². The maximum atomic E-state index is 12.8. The smallest absolute Gasteiger partial charge is 0.326 e. The van der Waals surface area contributed by atoms with Crippen molar-refractivity contribution >= 4 is 29.3 Å². The van der Waals surface area contributed by atoms with Gasteiger partial charge >= 0.3 is 12.0 Å². The third kappa shape index (κ3) is 5.60. The minimum absolute atomic E-state index is 0.0204. The minimum Gasteiger partial charge on any atom is -0.481 e. The first-order valence-electron chi connectivity index (χ1n) is 11.2. The molecule has 1 fully saturated rings. The van der Waals surface area contributed by atoms with Crippen LogP contribution < -0.4 is 15.5 Å². The highest BCUT2D eigenvalue weighted by Gasteiger charge is 2.44. The van der Waals surface area contributed by atoms with Gasteiger partial charge in [-0.25, -0.2) is 4.79 Å². The van der Waals surface area contributed by atoms with Crippen LogP contribution in [-0.4, -0.2) is 35.4 Å². The lowest BCUT2D eigenvalue weighted by atomic mass is 10.0. The summed E-state index contributed by atoms with van der Waals surface area (Å²) in [5.41, 5.74) is 4.00. The fourth-order valence-corrected chi connectivity index (χ4v) is 3.94. The molecule has 8 heteroatoms. The largest absolute Gasteiger partial charge is 0.481 e. The molecule has 1 heterocycles. The maximum Gasteiger partial charge on any atom is 0.326 e. The SMILES string of the molecule is Cc1noc(NC(=O)Nc2cc([C@H]3C[C@H]3C(=O)O)ccc2N(CC(C)C)CC(C)C)c1C. The second kappa shape index (κ2) is 9.63. The van der Waals surface area contributed by atoms with E-state index in [-0.39, 0.29) is 11.8 Å². The van der Waals surface area contributed by atoms with Crippen LogP contribution >= 0.6 is 0 Å². The molecule has 32 heavy (non-hydrogen) atoms. The minimum atomic E-state index is -0.774. The van der Waals surface area contributed by atoms with Gasteiger partial charge in [0.15, 0.2) is 0 Å². The topological polar surface area (TPSA) is 108 Å². The van der Waals surface area contributed by atoms with Gasteiger partial charge in [-0.1, -0.05) is 38.9 Å². The summed E-state index contributed by atoms with van der Waals surface area (Å²) < 4.78 is 5.20. The highest BCUT2D eigenvalue weighted by atomic mass is 16.5. The monoisotopic (exact) mass is 442 g/mol. The van der Waals surface area contributed by atoms with E-state index in [1.807, 2.05) is 32.0 Å². The van der Waals surface area contributed by atoms with Crippen LogP contribution in [0.3, 0.4) is 0 Å². The number of aromatic nitrogens is 1. The van der Waals surface area contributed by atoms with Gasteiger partial charge in [-0.15, -0.1) is 0 Å². The summed E-state index contributed by atoms with van der Waals surface area (Å²) in [6.07, 6.45) is 0.624. The van der Waals surface area contributed by atoms with Crippen LogP contribution in [-0.2, 0) is 4.79 Å². The molecule has 0 unspecified atom stereocenters. The second-order valence-electron chi connectivity index (χ2n) is 9.56. The van der Waals surface area contributed by atoms with Gasteiger partial charge in [0.25, 0.3) is 0 Å². The number of nitrogens with zero attached hydrogens (tertiary/aromatic N) is 2. The van der Waals surface area contributed by atoms with E-state index in [0.29, 0.717) is 29.8 Å². The van der Waals surface area contributed by atoms with Gasteiger partial charge in [0.1, 0.15) is 0 Å². The van der Waals surface area contributed by atoms with E-state index in [2.05, 4.69) is 48.4 Å². The lowest BCUT2D eigenvalue weighted by Crippen LogP contribution is -2.32. The first-order chi connectivity index (χ1) is 15.1. The summed E-state index contributed by atoms with van der Waals surface area (Å²) in [6.45, 7) is 14.0. The first kappa shape index (κ1) is 23.6. The van der Waals surface area contributed by atoms with Crippen LogP contribution in [0, 0.1) is 31.6 Å².